The zero-order chi connectivity index (χ0) is 8.93. The van der Waals surface area contributed by atoms with Crippen LogP contribution in [0, 0.1) is 6.42 Å². The largest absolute Gasteiger partial charge is 0.261 e. The van der Waals surface area contributed by atoms with Crippen molar-refractivity contribution in [3.63, 3.8) is 0 Å². The van der Waals surface area contributed by atoms with E-state index in [0.717, 1.165) is 5.69 Å². The van der Waals surface area contributed by atoms with Crippen molar-refractivity contribution in [1.82, 2.24) is 4.98 Å². The molecule has 1 radical (unpaired) electrons. The molecule has 0 N–H and O–H groups in total. The fourth-order valence-electron chi connectivity index (χ4n) is 1.18. The van der Waals surface area contributed by atoms with Gasteiger partial charge >= 0.3 is 0 Å². The van der Waals surface area contributed by atoms with Gasteiger partial charge in [0.1, 0.15) is 0 Å². The van der Waals surface area contributed by atoms with Crippen molar-refractivity contribution in [2.45, 2.75) is 0 Å². The Hall–Kier alpha value is -1.63. The van der Waals surface area contributed by atoms with E-state index in [1.54, 1.807) is 6.20 Å². The molecule has 0 spiro atoms. The van der Waals surface area contributed by atoms with E-state index in [0.29, 0.717) is 0 Å². The third-order valence-corrected chi connectivity index (χ3v) is 1.80. The van der Waals surface area contributed by atoms with Gasteiger partial charge in [0.05, 0.1) is 0 Å². The highest BCUT2D eigenvalue weighted by atomic mass is 14.7. The first-order valence-corrected chi connectivity index (χ1v) is 4.26. The molecule has 1 heteroatoms. The molecule has 0 bridgehead atoms. The second-order valence-corrected chi connectivity index (χ2v) is 2.81. The summed E-state index contributed by atoms with van der Waals surface area (Å²) in [5.41, 5.74) is 2.18. The topological polar surface area (TPSA) is 12.9 Å². The van der Waals surface area contributed by atoms with Crippen molar-refractivity contribution >= 4 is 0 Å². The molecule has 63 valence electrons. The highest BCUT2D eigenvalue weighted by Crippen LogP contribution is 2.07. The maximum Gasteiger partial charge on any atom is 0.0488 e. The van der Waals surface area contributed by atoms with Crippen LogP contribution in [-0.2, 0) is 0 Å². The van der Waals surface area contributed by atoms with Crippen LogP contribution in [0.1, 0.15) is 11.3 Å². The minimum atomic E-state index is 0.994. The molecule has 0 atom stereocenters. The molecular weight excluding hydrogens is 158 g/mol. The van der Waals surface area contributed by atoms with Gasteiger partial charge in [-0.1, -0.05) is 36.4 Å². The van der Waals surface area contributed by atoms with Crippen molar-refractivity contribution in [2.75, 3.05) is 0 Å². The molecule has 1 heterocycles. The molecule has 2 aromatic rings. The molecule has 0 fully saturated rings. The molecule has 13 heavy (non-hydrogen) atoms. The Labute approximate surface area is 78.1 Å². The van der Waals surface area contributed by atoms with E-state index >= 15 is 0 Å². The van der Waals surface area contributed by atoms with Crippen molar-refractivity contribution in [2.24, 2.45) is 0 Å². The average Bonchev–Trinajstić information content (AvgIpc) is 2.21. The molecule has 0 saturated carbocycles. The van der Waals surface area contributed by atoms with Crippen LogP contribution >= 0.6 is 0 Å². The fraction of sp³-hybridized carbons (Fsp3) is 0. The first-order valence-electron chi connectivity index (χ1n) is 4.26. The first-order chi connectivity index (χ1) is 6.45. The van der Waals surface area contributed by atoms with E-state index in [2.05, 4.69) is 23.5 Å². The van der Waals surface area contributed by atoms with E-state index in [1.165, 1.54) is 5.56 Å². The Balaban J connectivity index is 2.16. The summed E-state index contributed by atoms with van der Waals surface area (Å²) >= 11 is 0. The number of pyridine rings is 1. The number of rotatable bonds is 2. The zero-order valence-electron chi connectivity index (χ0n) is 7.22. The predicted octanol–water partition coefficient (Wildman–Crippen LogP) is 2.68. The van der Waals surface area contributed by atoms with Crippen LogP contribution < -0.4 is 0 Å². The lowest BCUT2D eigenvalue weighted by molar-refractivity contribution is 1.22. The van der Waals surface area contributed by atoms with Gasteiger partial charge in [-0.3, -0.25) is 4.98 Å². The average molecular weight is 168 g/mol. The van der Waals surface area contributed by atoms with E-state index in [-0.39, 0.29) is 0 Å². The molecule has 0 aliphatic rings. The molecule has 0 aliphatic heterocycles. The summed E-state index contributed by atoms with van der Waals surface area (Å²) in [6, 6.07) is 16.1. The van der Waals surface area contributed by atoms with Gasteiger partial charge < -0.3 is 0 Å². The summed E-state index contributed by atoms with van der Waals surface area (Å²) < 4.78 is 0. The quantitative estimate of drug-likeness (QED) is 0.671. The lowest BCUT2D eigenvalue weighted by atomic mass is 10.1. The second kappa shape index (κ2) is 3.85. The Morgan fingerprint density at radius 3 is 2.31 bits per heavy atom. The fourth-order valence-corrected chi connectivity index (χ4v) is 1.18. The molecule has 1 aromatic heterocycles. The van der Waals surface area contributed by atoms with Crippen molar-refractivity contribution in [3.8, 4) is 0 Å². The van der Waals surface area contributed by atoms with Crippen LogP contribution in [0.3, 0.4) is 0 Å². The summed E-state index contributed by atoms with van der Waals surface area (Å²) in [7, 11) is 0. The zero-order valence-corrected chi connectivity index (χ0v) is 7.22. The summed E-state index contributed by atoms with van der Waals surface area (Å²) in [4.78, 5) is 4.22. The minimum Gasteiger partial charge on any atom is -0.261 e. The molecule has 0 unspecified atom stereocenters. The number of aromatic nitrogens is 1. The number of nitrogens with zero attached hydrogens (tertiary/aromatic N) is 1. The van der Waals surface area contributed by atoms with E-state index in [4.69, 9.17) is 0 Å². The molecule has 0 aliphatic carbocycles. The predicted molar refractivity (Wildman–Crippen MR) is 53.2 cm³/mol. The van der Waals surface area contributed by atoms with Gasteiger partial charge in [0, 0.05) is 18.3 Å². The highest BCUT2D eigenvalue weighted by Gasteiger charge is 1.94. The number of hydrogen-bond donors (Lipinski definition) is 0. The molecule has 2 rings (SSSR count). The Morgan fingerprint density at radius 1 is 0.846 bits per heavy atom. The summed E-state index contributed by atoms with van der Waals surface area (Å²) in [5.74, 6) is 0. The summed E-state index contributed by atoms with van der Waals surface area (Å²) in [5, 5.41) is 0. The van der Waals surface area contributed by atoms with Gasteiger partial charge in [-0.05, 0) is 17.7 Å². The molecular formula is C12H10N. The van der Waals surface area contributed by atoms with Crippen LogP contribution in [0.4, 0.5) is 0 Å². The maximum atomic E-state index is 4.22. The summed E-state index contributed by atoms with van der Waals surface area (Å²) in [6.07, 6.45) is 3.86. The van der Waals surface area contributed by atoms with Gasteiger partial charge in [0.2, 0.25) is 0 Å². The molecule has 1 aromatic carbocycles. The first kappa shape index (κ1) is 7.99. The molecule has 0 saturated heterocycles. The van der Waals surface area contributed by atoms with Crippen LogP contribution in [0.15, 0.2) is 54.7 Å². The summed E-state index contributed by atoms with van der Waals surface area (Å²) in [6.45, 7) is 0. The van der Waals surface area contributed by atoms with Crippen LogP contribution in [-0.4, -0.2) is 4.98 Å². The second-order valence-electron chi connectivity index (χ2n) is 2.81. The van der Waals surface area contributed by atoms with Crippen LogP contribution in [0.25, 0.3) is 0 Å². The van der Waals surface area contributed by atoms with Gasteiger partial charge in [-0.15, -0.1) is 0 Å². The Morgan fingerprint density at radius 2 is 1.62 bits per heavy atom. The van der Waals surface area contributed by atoms with Crippen LogP contribution in [0.5, 0.6) is 0 Å². The number of hydrogen-bond acceptors (Lipinski definition) is 1. The Bertz CT molecular complexity index is 316. The Kier molecular flexibility index (Phi) is 2.37. The minimum absolute atomic E-state index is 0.994. The van der Waals surface area contributed by atoms with E-state index in [9.17, 15) is 0 Å². The van der Waals surface area contributed by atoms with Gasteiger partial charge in [0.25, 0.3) is 0 Å². The van der Waals surface area contributed by atoms with E-state index in [1.807, 2.05) is 36.4 Å². The third kappa shape index (κ3) is 2.15. The van der Waals surface area contributed by atoms with Gasteiger partial charge in [0.15, 0.2) is 0 Å². The third-order valence-electron chi connectivity index (χ3n) is 1.80. The van der Waals surface area contributed by atoms with Crippen molar-refractivity contribution in [1.29, 1.82) is 0 Å². The van der Waals surface area contributed by atoms with Crippen LogP contribution in [0.2, 0.25) is 0 Å². The van der Waals surface area contributed by atoms with E-state index < -0.39 is 0 Å². The maximum absolute atomic E-state index is 4.22. The monoisotopic (exact) mass is 168 g/mol. The SMILES string of the molecule is [CH](c1ccccc1)c1ccccn1. The molecule has 0 amide bonds. The standard InChI is InChI=1S/C12H10N/c1-2-6-11(7-3-1)10-12-8-4-5-9-13-12/h1-10H. The lowest BCUT2D eigenvalue weighted by Crippen LogP contribution is -1.86. The van der Waals surface area contributed by atoms with Crippen molar-refractivity contribution < 1.29 is 0 Å². The highest BCUT2D eigenvalue weighted by molar-refractivity contribution is 5.32. The van der Waals surface area contributed by atoms with Crippen molar-refractivity contribution in [3.05, 3.63) is 72.4 Å². The number of benzene rings is 1. The normalized spacial score (nSPS) is 9.85. The van der Waals surface area contributed by atoms with Gasteiger partial charge in [-0.2, -0.15) is 0 Å². The molecule has 1 nitrogen and oxygen atoms in total. The van der Waals surface area contributed by atoms with Gasteiger partial charge in [-0.25, -0.2) is 0 Å². The lowest BCUT2D eigenvalue weighted by Gasteiger charge is -1.98. The smallest absolute Gasteiger partial charge is 0.0488 e.